The molecule has 2 N–H and O–H groups in total. The summed E-state index contributed by atoms with van der Waals surface area (Å²) >= 11 is 0. The molecule has 2 aromatic carbocycles. The molecule has 2 aromatic heterocycles. The molecule has 0 atom stereocenters. The van der Waals surface area contributed by atoms with Gasteiger partial charge in [0.1, 0.15) is 11.5 Å². The second-order valence-corrected chi connectivity index (χ2v) is 17.5. The fourth-order valence-electron chi connectivity index (χ4n) is 6.35. The van der Waals surface area contributed by atoms with Crippen LogP contribution in [0.5, 0.6) is 11.5 Å². The van der Waals surface area contributed by atoms with Crippen molar-refractivity contribution >= 4 is 20.0 Å². The molecular weight excluding hydrogens is 705 g/mol. The lowest BCUT2D eigenvalue weighted by Gasteiger charge is -2.30. The Balaban J connectivity index is 0.000000206. The Morgan fingerprint density at radius 3 is 1.42 bits per heavy atom. The van der Waals surface area contributed by atoms with Gasteiger partial charge in [-0.15, -0.1) is 0 Å². The van der Waals surface area contributed by atoms with Gasteiger partial charge in [-0.2, -0.15) is 14.5 Å². The molecule has 0 amide bonds. The van der Waals surface area contributed by atoms with Gasteiger partial charge in [0.2, 0.25) is 0 Å². The number of nitrogens with two attached hydrogens (primary N) is 1. The molecule has 2 aliphatic heterocycles. The van der Waals surface area contributed by atoms with E-state index in [1.165, 1.54) is 17.1 Å². The van der Waals surface area contributed by atoms with Crippen molar-refractivity contribution in [2.24, 2.45) is 5.14 Å². The van der Waals surface area contributed by atoms with Gasteiger partial charge in [0, 0.05) is 38.3 Å². The third-order valence-electron chi connectivity index (χ3n) is 9.97. The molecule has 280 valence electrons. The number of hydrogen-bond donors (Lipinski definition) is 1. The van der Waals surface area contributed by atoms with Crippen LogP contribution in [0.3, 0.4) is 0 Å². The first-order valence-electron chi connectivity index (χ1n) is 17.9. The summed E-state index contributed by atoms with van der Waals surface area (Å²) in [6.45, 7) is 6.26. The first-order valence-corrected chi connectivity index (χ1v) is 20.9. The summed E-state index contributed by atoms with van der Waals surface area (Å²) in [5, 5.41) is 14.0. The number of likely N-dealkylation sites (tertiary alicyclic amines) is 2. The molecule has 0 spiro atoms. The van der Waals surface area contributed by atoms with Gasteiger partial charge in [-0.25, -0.2) is 22.0 Å². The lowest BCUT2D eigenvalue weighted by molar-refractivity contribution is 0.167. The van der Waals surface area contributed by atoms with E-state index in [4.69, 9.17) is 14.6 Å². The molecule has 14 nitrogen and oxygen atoms in total. The molecule has 0 radical (unpaired) electrons. The highest BCUT2D eigenvalue weighted by Crippen LogP contribution is 2.38. The maximum absolute atomic E-state index is 14.0. The van der Waals surface area contributed by atoms with Crippen molar-refractivity contribution in [2.75, 3.05) is 40.4 Å². The van der Waals surface area contributed by atoms with E-state index in [2.05, 4.69) is 20.0 Å². The van der Waals surface area contributed by atoms with Gasteiger partial charge in [0.25, 0.3) is 20.0 Å². The first kappa shape index (κ1) is 36.6. The molecule has 8 rings (SSSR count). The number of sulfonamides is 2. The maximum atomic E-state index is 14.0. The maximum Gasteiger partial charge on any atom is 0.263 e. The lowest BCUT2D eigenvalue weighted by Crippen LogP contribution is -2.36. The van der Waals surface area contributed by atoms with Crippen LogP contribution in [-0.2, 0) is 46.2 Å². The quantitative estimate of drug-likeness (QED) is 0.189. The summed E-state index contributed by atoms with van der Waals surface area (Å²) in [7, 11) is -4.30. The highest BCUT2D eigenvalue weighted by Gasteiger charge is 2.34. The summed E-state index contributed by atoms with van der Waals surface area (Å²) in [5.74, 6) is 1.47. The number of hydrogen-bond acceptors (Lipinski definition) is 10. The Kier molecular flexibility index (Phi) is 10.7. The van der Waals surface area contributed by atoms with Crippen LogP contribution in [0.1, 0.15) is 73.1 Å². The minimum absolute atomic E-state index is 0.0000709. The van der Waals surface area contributed by atoms with E-state index in [1.54, 1.807) is 26.4 Å². The zero-order valence-corrected chi connectivity index (χ0v) is 31.4. The number of nitrogens with zero attached hydrogens (tertiary/aromatic N) is 7. The number of aromatic nitrogens is 4. The summed E-state index contributed by atoms with van der Waals surface area (Å²) in [5.41, 5.74) is 3.71. The summed E-state index contributed by atoms with van der Waals surface area (Å²) in [4.78, 5) is 4.61. The number of ether oxygens (including phenoxy) is 2. The van der Waals surface area contributed by atoms with Gasteiger partial charge >= 0.3 is 0 Å². The predicted octanol–water partition coefficient (Wildman–Crippen LogP) is 3.90. The van der Waals surface area contributed by atoms with Crippen molar-refractivity contribution < 1.29 is 26.3 Å². The molecule has 4 fully saturated rings. The van der Waals surface area contributed by atoms with Crippen LogP contribution in [0.2, 0.25) is 0 Å². The topological polar surface area (TPSA) is 158 Å². The smallest absolute Gasteiger partial charge is 0.263 e. The van der Waals surface area contributed by atoms with Crippen molar-refractivity contribution in [3.05, 3.63) is 83.2 Å². The fourth-order valence-corrected chi connectivity index (χ4v) is 8.23. The number of rotatable bonds is 15. The van der Waals surface area contributed by atoms with Crippen molar-refractivity contribution in [3.8, 4) is 11.5 Å². The van der Waals surface area contributed by atoms with Crippen molar-refractivity contribution in [3.63, 3.8) is 0 Å². The third kappa shape index (κ3) is 8.69. The lowest BCUT2D eigenvalue weighted by atomic mass is 10.2. The average Bonchev–Trinajstić information content (AvgIpc) is 4.03. The van der Waals surface area contributed by atoms with Gasteiger partial charge in [0.15, 0.2) is 10.1 Å². The molecule has 4 aliphatic rings. The normalized spacial score (nSPS) is 18.0. The van der Waals surface area contributed by atoms with E-state index in [9.17, 15) is 16.8 Å². The standard InChI is InChI=1S/C26H32N4O4S.C10H16N4O2S/c1-33-24-10-4-20(5-11-24)17-29(18-21-6-12-25(34-2)13-7-21)35(31,32)26-16-23(19-28-14-3-15-28)30(27-26)22-8-9-22;11-17(15,16)10-6-9(7-13-4-1-5-13)14(12-10)8-2-3-8/h4-7,10-13,16,22H,3,8-9,14-15,17-19H2,1-2H3;6,8H,1-5,7H2,(H2,11,15,16). The van der Waals surface area contributed by atoms with Crippen molar-refractivity contribution in [1.82, 2.24) is 33.7 Å². The molecule has 2 saturated carbocycles. The van der Waals surface area contributed by atoms with E-state index in [0.29, 0.717) is 12.1 Å². The molecule has 0 unspecified atom stereocenters. The highest BCUT2D eigenvalue weighted by atomic mass is 32.2. The monoisotopic (exact) mass is 752 g/mol. The van der Waals surface area contributed by atoms with E-state index in [-0.39, 0.29) is 23.1 Å². The van der Waals surface area contributed by atoms with Crippen LogP contribution in [0.4, 0.5) is 0 Å². The van der Waals surface area contributed by atoms with Crippen LogP contribution in [-0.4, -0.2) is 90.9 Å². The average molecular weight is 753 g/mol. The summed E-state index contributed by atoms with van der Waals surface area (Å²) < 4.78 is 66.3. The zero-order valence-electron chi connectivity index (χ0n) is 29.8. The Bertz CT molecular complexity index is 2000. The molecule has 2 aliphatic carbocycles. The minimum Gasteiger partial charge on any atom is -0.497 e. The molecule has 4 heterocycles. The fraction of sp³-hybridized carbons (Fsp3) is 0.500. The highest BCUT2D eigenvalue weighted by molar-refractivity contribution is 7.89. The van der Waals surface area contributed by atoms with E-state index in [0.717, 1.165) is 99.0 Å². The number of benzene rings is 2. The Morgan fingerprint density at radius 1 is 0.673 bits per heavy atom. The molecule has 4 aromatic rings. The molecule has 2 saturated heterocycles. The van der Waals surface area contributed by atoms with Gasteiger partial charge in [-0.1, -0.05) is 24.3 Å². The molecule has 52 heavy (non-hydrogen) atoms. The van der Waals surface area contributed by atoms with Crippen molar-refractivity contribution in [1.29, 1.82) is 0 Å². The van der Waals surface area contributed by atoms with Crippen LogP contribution in [0.15, 0.2) is 70.7 Å². The van der Waals surface area contributed by atoms with Crippen molar-refractivity contribution in [2.45, 2.75) is 86.8 Å². The second-order valence-electron chi connectivity index (χ2n) is 14.1. The molecular formula is C36H48N8O6S2. The van der Waals surface area contributed by atoms with Crippen LogP contribution >= 0.6 is 0 Å². The number of primary sulfonamides is 1. The van der Waals surface area contributed by atoms with Gasteiger partial charge in [0.05, 0.1) is 37.7 Å². The van der Waals surface area contributed by atoms with Gasteiger partial charge in [-0.05, 0) is 100 Å². The SMILES string of the molecule is COc1ccc(CN(Cc2ccc(OC)cc2)S(=O)(=O)c2cc(CN3CCC3)n(C3CC3)n2)cc1.NS(=O)(=O)c1cc(CN2CCC2)n(C2CC2)n1. The summed E-state index contributed by atoms with van der Waals surface area (Å²) in [6, 6.07) is 19.1. The van der Waals surface area contributed by atoms with Gasteiger partial charge in [-0.3, -0.25) is 19.2 Å². The third-order valence-corrected chi connectivity index (χ3v) is 12.4. The summed E-state index contributed by atoms with van der Waals surface area (Å²) in [6.07, 6.45) is 6.68. The van der Waals surface area contributed by atoms with E-state index >= 15 is 0 Å². The Hall–Kier alpha value is -3.80. The number of methoxy groups -OCH3 is 2. The molecule has 16 heteroatoms. The van der Waals surface area contributed by atoms with E-state index < -0.39 is 20.0 Å². The predicted molar refractivity (Wildman–Crippen MR) is 195 cm³/mol. The largest absolute Gasteiger partial charge is 0.497 e. The first-order chi connectivity index (χ1) is 25.0. The van der Waals surface area contributed by atoms with Crippen LogP contribution < -0.4 is 14.6 Å². The minimum atomic E-state index is -3.84. The molecule has 0 bridgehead atoms. The Labute approximate surface area is 306 Å². The van der Waals surface area contributed by atoms with Crippen LogP contribution in [0.25, 0.3) is 0 Å². The second kappa shape index (κ2) is 15.3. The zero-order chi connectivity index (χ0) is 36.5. The van der Waals surface area contributed by atoms with Gasteiger partial charge < -0.3 is 9.47 Å². The van der Waals surface area contributed by atoms with E-state index in [1.807, 2.05) is 57.9 Å². The Morgan fingerprint density at radius 2 is 1.08 bits per heavy atom. The van der Waals surface area contributed by atoms with Crippen LogP contribution in [0, 0.1) is 0 Å².